The number of hydrogen-bond donors (Lipinski definition) is 0. The van der Waals surface area contributed by atoms with Gasteiger partial charge < -0.3 is 14.4 Å². The molecule has 9 aromatic rings. The van der Waals surface area contributed by atoms with E-state index in [1.54, 1.807) is 0 Å². The minimum atomic E-state index is 0. The zero-order valence-electron chi connectivity index (χ0n) is 33.7. The molecule has 1 radical (unpaired) electrons. The van der Waals surface area contributed by atoms with E-state index in [4.69, 9.17) is 9.40 Å². The molecule has 0 N–H and O–H groups in total. The number of furan rings is 1. The molecule has 285 valence electrons. The summed E-state index contributed by atoms with van der Waals surface area (Å²) in [5, 5.41) is 4.56. The van der Waals surface area contributed by atoms with Crippen LogP contribution in [0.2, 0.25) is 0 Å². The van der Waals surface area contributed by atoms with Gasteiger partial charge in [-0.15, -0.1) is 47.5 Å². The van der Waals surface area contributed by atoms with E-state index in [0.29, 0.717) is 5.71 Å². The average molecular weight is 920 g/mol. The van der Waals surface area contributed by atoms with Crippen molar-refractivity contribution in [3.05, 3.63) is 173 Å². The van der Waals surface area contributed by atoms with Crippen LogP contribution in [0.15, 0.2) is 132 Å². The number of rotatable bonds is 4. The fraction of sp³-hybridized carbons (Fsp3) is 0.173. The predicted octanol–water partition coefficient (Wildman–Crippen LogP) is 13.7. The summed E-state index contributed by atoms with van der Waals surface area (Å²) in [5.74, 6) is 0. The third-order valence-corrected chi connectivity index (χ3v) is 10.7. The first-order valence-corrected chi connectivity index (χ1v) is 19.2. The number of aryl methyl sites for hydroxylation is 5. The molecule has 4 nitrogen and oxygen atoms in total. The maximum atomic E-state index is 6.20. The van der Waals surface area contributed by atoms with Crippen LogP contribution in [-0.2, 0) is 25.5 Å². The van der Waals surface area contributed by atoms with Gasteiger partial charge in [0.25, 0.3) is 0 Å². The van der Waals surface area contributed by atoms with Gasteiger partial charge in [-0.3, -0.25) is 0 Å². The maximum Gasteiger partial charge on any atom is 0.216 e. The number of nitrogens with zero attached hydrogens (tertiary/aromatic N) is 3. The molecule has 5 heteroatoms. The summed E-state index contributed by atoms with van der Waals surface area (Å²) in [6.07, 6.45) is 3.80. The number of benzene rings is 5. The first-order valence-electron chi connectivity index (χ1n) is 19.2. The molecule has 0 aliphatic carbocycles. The van der Waals surface area contributed by atoms with Gasteiger partial charge in [-0.05, 0) is 113 Å². The molecular formula is C52H45IrN3O-2. The van der Waals surface area contributed by atoms with Crippen molar-refractivity contribution in [3.8, 4) is 44.8 Å². The molecule has 0 saturated carbocycles. The smallest absolute Gasteiger partial charge is 0.216 e. The van der Waals surface area contributed by atoms with Crippen LogP contribution in [0.3, 0.4) is 0 Å². The standard InChI is InChI=1S/C32H27N2O.C20H18N.Ir/c1-19-15-23-16-24(32(3,4)5)11-10-21(23)17-28(19)22-13-14-33-29(18-22)27-8-6-7-25-26-12-9-20(2)34-31(26)35-30(25)27;1-14-9-10-18(20-11-15(2)16(3)13-21-20)12-19(14)17-7-5-4-6-8-17;/h6-7,9-18H,1-5H3;4-9,11-13H,1-3H3;/q2*-1;. The zero-order valence-corrected chi connectivity index (χ0v) is 36.1. The molecule has 0 unspecified atom stereocenters. The van der Waals surface area contributed by atoms with Crippen LogP contribution in [0, 0.1) is 46.8 Å². The van der Waals surface area contributed by atoms with Crippen molar-refractivity contribution in [2.24, 2.45) is 0 Å². The molecule has 0 amide bonds. The molecule has 0 fully saturated rings. The van der Waals surface area contributed by atoms with Crippen LogP contribution in [0.4, 0.5) is 0 Å². The number of fused-ring (bicyclic) bond motifs is 4. The van der Waals surface area contributed by atoms with Gasteiger partial charge >= 0.3 is 0 Å². The summed E-state index contributed by atoms with van der Waals surface area (Å²) in [6, 6.07) is 47.2. The number of aromatic nitrogens is 3. The van der Waals surface area contributed by atoms with Crippen molar-refractivity contribution in [2.75, 3.05) is 0 Å². The van der Waals surface area contributed by atoms with Gasteiger partial charge in [0, 0.05) is 43.6 Å². The van der Waals surface area contributed by atoms with Crippen LogP contribution in [0.5, 0.6) is 0 Å². The number of hydrogen-bond acceptors (Lipinski definition) is 4. The molecule has 5 aromatic carbocycles. The Morgan fingerprint density at radius 2 is 1.39 bits per heavy atom. The van der Waals surface area contributed by atoms with E-state index in [2.05, 4.69) is 162 Å². The summed E-state index contributed by atoms with van der Waals surface area (Å²) >= 11 is 0. The Labute approximate surface area is 349 Å². The second-order valence-electron chi connectivity index (χ2n) is 15.9. The largest absolute Gasteiger partial charge is 0.486 e. The van der Waals surface area contributed by atoms with Crippen LogP contribution >= 0.6 is 0 Å². The third kappa shape index (κ3) is 8.09. The van der Waals surface area contributed by atoms with E-state index in [1.807, 2.05) is 43.6 Å². The fourth-order valence-electron chi connectivity index (χ4n) is 7.24. The molecule has 0 aliphatic heterocycles. The minimum absolute atomic E-state index is 0. The van der Waals surface area contributed by atoms with Gasteiger partial charge in [0.05, 0.1) is 5.58 Å². The second-order valence-corrected chi connectivity index (χ2v) is 15.9. The van der Waals surface area contributed by atoms with Crippen LogP contribution in [0.1, 0.15) is 54.3 Å². The third-order valence-electron chi connectivity index (χ3n) is 10.7. The Kier molecular flexibility index (Phi) is 11.1. The van der Waals surface area contributed by atoms with Gasteiger partial charge in [0.1, 0.15) is 0 Å². The van der Waals surface area contributed by atoms with E-state index in [1.165, 1.54) is 55.3 Å². The molecule has 4 aromatic heterocycles. The monoisotopic (exact) mass is 920 g/mol. The molecule has 0 spiro atoms. The van der Waals surface area contributed by atoms with Gasteiger partial charge in [-0.1, -0.05) is 117 Å². The predicted molar refractivity (Wildman–Crippen MR) is 233 cm³/mol. The van der Waals surface area contributed by atoms with E-state index in [9.17, 15) is 0 Å². The average Bonchev–Trinajstić information content (AvgIpc) is 3.57. The van der Waals surface area contributed by atoms with Crippen molar-refractivity contribution in [1.29, 1.82) is 0 Å². The van der Waals surface area contributed by atoms with Gasteiger partial charge in [-0.25, -0.2) is 4.98 Å². The zero-order chi connectivity index (χ0) is 39.1. The molecular weight excluding hydrogens is 875 g/mol. The number of pyridine rings is 3. The molecule has 0 atom stereocenters. The SMILES string of the molecule is Cc1ccc2c(n1)oc1c(-c3cc(-c4cc5ccc(C(C)(C)C)cc5cc4C)ccn3)[c-]ccc12.Cc1cnc(-c2[c-]cc(C)c(-c3ccccc3)c2)cc1C.[Ir]. The normalized spacial score (nSPS) is 11.4. The second kappa shape index (κ2) is 16.0. The molecule has 57 heavy (non-hydrogen) atoms. The van der Waals surface area contributed by atoms with E-state index in [-0.39, 0.29) is 25.5 Å². The van der Waals surface area contributed by atoms with E-state index >= 15 is 0 Å². The Morgan fingerprint density at radius 1 is 0.596 bits per heavy atom. The van der Waals surface area contributed by atoms with Crippen molar-refractivity contribution < 1.29 is 24.5 Å². The first kappa shape index (κ1) is 39.5. The maximum absolute atomic E-state index is 6.20. The van der Waals surface area contributed by atoms with Gasteiger partial charge in [0.15, 0.2) is 0 Å². The van der Waals surface area contributed by atoms with Crippen molar-refractivity contribution in [2.45, 2.75) is 60.8 Å². The van der Waals surface area contributed by atoms with E-state index < -0.39 is 0 Å². The Bertz CT molecular complexity index is 2900. The summed E-state index contributed by atoms with van der Waals surface area (Å²) in [5.41, 5.74) is 17.3. The van der Waals surface area contributed by atoms with Gasteiger partial charge in [-0.2, -0.15) is 0 Å². The van der Waals surface area contributed by atoms with Crippen LogP contribution in [-0.4, -0.2) is 15.0 Å². The fourth-order valence-corrected chi connectivity index (χ4v) is 7.24. The molecule has 0 saturated heterocycles. The summed E-state index contributed by atoms with van der Waals surface area (Å²) < 4.78 is 6.20. The molecule has 0 aliphatic rings. The molecule has 4 heterocycles. The first-order chi connectivity index (χ1) is 26.9. The topological polar surface area (TPSA) is 51.8 Å². The minimum Gasteiger partial charge on any atom is -0.486 e. The van der Waals surface area contributed by atoms with E-state index in [0.717, 1.165) is 50.1 Å². The molecule has 9 rings (SSSR count). The van der Waals surface area contributed by atoms with Crippen molar-refractivity contribution in [1.82, 2.24) is 15.0 Å². The Hall–Kier alpha value is -5.74. The summed E-state index contributed by atoms with van der Waals surface area (Å²) in [6.45, 7) is 17.2. The summed E-state index contributed by atoms with van der Waals surface area (Å²) in [7, 11) is 0. The van der Waals surface area contributed by atoms with Crippen LogP contribution < -0.4 is 0 Å². The van der Waals surface area contributed by atoms with Crippen molar-refractivity contribution in [3.63, 3.8) is 0 Å². The summed E-state index contributed by atoms with van der Waals surface area (Å²) in [4.78, 5) is 13.8. The Morgan fingerprint density at radius 3 is 2.16 bits per heavy atom. The molecule has 0 bridgehead atoms. The Balaban J connectivity index is 0.000000193. The van der Waals surface area contributed by atoms with Crippen molar-refractivity contribution >= 4 is 32.8 Å². The van der Waals surface area contributed by atoms with Crippen LogP contribution in [0.25, 0.3) is 77.6 Å². The quantitative estimate of drug-likeness (QED) is 0.165. The van der Waals surface area contributed by atoms with Gasteiger partial charge in [0.2, 0.25) is 5.71 Å².